The van der Waals surface area contributed by atoms with Crippen molar-refractivity contribution in [2.75, 3.05) is 6.54 Å². The van der Waals surface area contributed by atoms with E-state index >= 15 is 0 Å². The molecule has 1 rings (SSSR count). The normalized spacial score (nSPS) is 21.7. The molecule has 0 amide bonds. The van der Waals surface area contributed by atoms with Gasteiger partial charge >= 0.3 is 0 Å². The number of hydrogen-bond donors (Lipinski definition) is 1. The molecule has 0 aliphatic heterocycles. The topological polar surface area (TPSA) is 23.5 Å². The Labute approximate surface area is 56.4 Å². The molecule has 1 aliphatic rings. The Hall–Kier alpha value is -0.0800. The molecule has 1 aliphatic carbocycles. The lowest BCUT2D eigenvalue weighted by molar-refractivity contribution is -0.120. The first-order valence-corrected chi connectivity index (χ1v) is 3.80. The van der Waals surface area contributed by atoms with Crippen molar-refractivity contribution in [1.29, 1.82) is 0 Å². The molecule has 9 heavy (non-hydrogen) atoms. The van der Waals surface area contributed by atoms with Crippen LogP contribution < -0.4 is 0 Å². The minimum atomic E-state index is 0.468. The first-order valence-electron chi connectivity index (χ1n) is 3.80. The van der Waals surface area contributed by atoms with Gasteiger partial charge in [0.1, 0.15) is 0 Å². The molecule has 2 heteroatoms. The van der Waals surface area contributed by atoms with Crippen molar-refractivity contribution in [3.8, 4) is 0 Å². The highest BCUT2D eigenvalue weighted by molar-refractivity contribution is 4.71. The second-order valence-electron chi connectivity index (χ2n) is 2.69. The van der Waals surface area contributed by atoms with Gasteiger partial charge in [-0.1, -0.05) is 19.8 Å². The van der Waals surface area contributed by atoms with Crippen LogP contribution in [0, 0.1) is 0 Å². The van der Waals surface area contributed by atoms with Crippen molar-refractivity contribution in [1.82, 2.24) is 5.06 Å². The minimum absolute atomic E-state index is 0.468. The highest BCUT2D eigenvalue weighted by Gasteiger charge is 2.19. The van der Waals surface area contributed by atoms with Crippen LogP contribution in [0.15, 0.2) is 0 Å². The Morgan fingerprint density at radius 3 is 2.44 bits per heavy atom. The van der Waals surface area contributed by atoms with E-state index in [4.69, 9.17) is 0 Å². The average Bonchev–Trinajstić information content (AvgIpc) is 2.37. The first kappa shape index (κ1) is 7.03. The van der Waals surface area contributed by atoms with Crippen molar-refractivity contribution in [2.24, 2.45) is 0 Å². The molecule has 0 bridgehead atoms. The molecule has 0 aromatic heterocycles. The molecule has 1 saturated carbocycles. The molecule has 1 fully saturated rings. The lowest BCUT2D eigenvalue weighted by atomic mass is 10.2. The monoisotopic (exact) mass is 129 g/mol. The van der Waals surface area contributed by atoms with Gasteiger partial charge in [0.05, 0.1) is 0 Å². The molecule has 0 aromatic carbocycles. The minimum Gasteiger partial charge on any atom is -0.314 e. The van der Waals surface area contributed by atoms with Crippen LogP contribution in [0.4, 0.5) is 0 Å². The quantitative estimate of drug-likeness (QED) is 0.573. The van der Waals surface area contributed by atoms with Crippen LogP contribution in [0.25, 0.3) is 0 Å². The molecule has 1 N–H and O–H groups in total. The Morgan fingerprint density at radius 1 is 1.44 bits per heavy atom. The Kier molecular flexibility index (Phi) is 2.49. The summed E-state index contributed by atoms with van der Waals surface area (Å²) >= 11 is 0. The summed E-state index contributed by atoms with van der Waals surface area (Å²) in [7, 11) is 0. The fourth-order valence-electron chi connectivity index (χ4n) is 1.46. The van der Waals surface area contributed by atoms with E-state index in [1.807, 2.05) is 6.92 Å². The highest BCUT2D eigenvalue weighted by atomic mass is 16.5. The van der Waals surface area contributed by atoms with E-state index in [1.54, 1.807) is 0 Å². The summed E-state index contributed by atoms with van der Waals surface area (Å²) in [6.45, 7) is 2.75. The van der Waals surface area contributed by atoms with Crippen molar-refractivity contribution < 1.29 is 5.21 Å². The third-order valence-corrected chi connectivity index (χ3v) is 2.07. The van der Waals surface area contributed by atoms with Gasteiger partial charge in [-0.25, -0.2) is 0 Å². The van der Waals surface area contributed by atoms with Crippen LogP contribution >= 0.6 is 0 Å². The van der Waals surface area contributed by atoms with Gasteiger partial charge in [-0.3, -0.25) is 0 Å². The molecule has 0 spiro atoms. The average molecular weight is 129 g/mol. The first-order chi connectivity index (χ1) is 4.34. The van der Waals surface area contributed by atoms with Gasteiger partial charge in [-0.05, 0) is 12.8 Å². The molecule has 0 radical (unpaired) electrons. The van der Waals surface area contributed by atoms with Crippen molar-refractivity contribution in [3.05, 3.63) is 0 Å². The molecule has 2 nitrogen and oxygen atoms in total. The molecule has 0 unspecified atom stereocenters. The third kappa shape index (κ3) is 1.66. The van der Waals surface area contributed by atoms with Crippen LogP contribution in [0.5, 0.6) is 0 Å². The lowest BCUT2D eigenvalue weighted by Crippen LogP contribution is -2.29. The second-order valence-corrected chi connectivity index (χ2v) is 2.69. The fourth-order valence-corrected chi connectivity index (χ4v) is 1.46. The van der Waals surface area contributed by atoms with Gasteiger partial charge in [0.15, 0.2) is 0 Å². The van der Waals surface area contributed by atoms with E-state index in [-0.39, 0.29) is 0 Å². The fraction of sp³-hybridized carbons (Fsp3) is 1.00. The molecule has 54 valence electrons. The zero-order chi connectivity index (χ0) is 6.69. The summed E-state index contributed by atoms with van der Waals surface area (Å²) in [5.41, 5.74) is 0. The zero-order valence-corrected chi connectivity index (χ0v) is 6.01. The van der Waals surface area contributed by atoms with E-state index in [2.05, 4.69) is 0 Å². The summed E-state index contributed by atoms with van der Waals surface area (Å²) in [6.07, 6.45) is 4.96. The molecular formula is C7H15NO. The Balaban J connectivity index is 2.24. The largest absolute Gasteiger partial charge is 0.314 e. The van der Waals surface area contributed by atoms with Crippen LogP contribution in [0.1, 0.15) is 32.6 Å². The third-order valence-electron chi connectivity index (χ3n) is 2.07. The lowest BCUT2D eigenvalue weighted by Gasteiger charge is -2.18. The number of hydroxylamine groups is 2. The van der Waals surface area contributed by atoms with E-state index in [1.165, 1.54) is 30.7 Å². The van der Waals surface area contributed by atoms with Crippen LogP contribution in [0.3, 0.4) is 0 Å². The molecular weight excluding hydrogens is 114 g/mol. The van der Waals surface area contributed by atoms with E-state index in [9.17, 15) is 5.21 Å². The number of hydrogen-bond acceptors (Lipinski definition) is 2. The van der Waals surface area contributed by atoms with E-state index in [0.717, 1.165) is 6.54 Å². The highest BCUT2D eigenvalue weighted by Crippen LogP contribution is 2.21. The maximum atomic E-state index is 9.19. The van der Waals surface area contributed by atoms with Crippen molar-refractivity contribution in [3.63, 3.8) is 0 Å². The van der Waals surface area contributed by atoms with Crippen LogP contribution in [-0.2, 0) is 0 Å². The maximum Gasteiger partial charge on any atom is 0.0350 e. The summed E-state index contributed by atoms with van der Waals surface area (Å²) < 4.78 is 0. The van der Waals surface area contributed by atoms with Gasteiger partial charge in [0.2, 0.25) is 0 Å². The maximum absolute atomic E-state index is 9.19. The molecule has 0 aromatic rings. The van der Waals surface area contributed by atoms with Crippen molar-refractivity contribution in [2.45, 2.75) is 38.6 Å². The van der Waals surface area contributed by atoms with Gasteiger partial charge in [-0.15, -0.1) is 0 Å². The number of rotatable bonds is 2. The molecule has 0 heterocycles. The van der Waals surface area contributed by atoms with Crippen LogP contribution in [-0.4, -0.2) is 22.9 Å². The molecule has 0 atom stereocenters. The standard InChI is InChI=1S/C7H15NO/c1-2-8(9)7-5-3-4-6-7/h7,9H,2-6H2,1H3. The van der Waals surface area contributed by atoms with Crippen LogP contribution in [0.2, 0.25) is 0 Å². The predicted molar refractivity (Wildman–Crippen MR) is 36.4 cm³/mol. The zero-order valence-electron chi connectivity index (χ0n) is 6.01. The smallest absolute Gasteiger partial charge is 0.0350 e. The van der Waals surface area contributed by atoms with E-state index in [0.29, 0.717) is 6.04 Å². The van der Waals surface area contributed by atoms with Gasteiger partial charge in [0, 0.05) is 12.6 Å². The summed E-state index contributed by atoms with van der Waals surface area (Å²) in [6, 6.07) is 0.468. The van der Waals surface area contributed by atoms with E-state index < -0.39 is 0 Å². The summed E-state index contributed by atoms with van der Waals surface area (Å²) in [5, 5.41) is 10.7. The Bertz CT molecular complexity index is 79.0. The van der Waals surface area contributed by atoms with Crippen molar-refractivity contribution >= 4 is 0 Å². The Morgan fingerprint density at radius 2 is 2.00 bits per heavy atom. The second kappa shape index (κ2) is 3.18. The van der Waals surface area contributed by atoms with Gasteiger partial charge in [-0.2, -0.15) is 5.06 Å². The SMILES string of the molecule is CCN(O)C1CCCC1. The number of nitrogens with zero attached hydrogens (tertiary/aromatic N) is 1. The summed E-state index contributed by atoms with van der Waals surface area (Å²) in [5.74, 6) is 0. The molecule has 0 saturated heterocycles. The predicted octanol–water partition coefficient (Wildman–Crippen LogP) is 1.64. The summed E-state index contributed by atoms with van der Waals surface area (Å²) in [4.78, 5) is 0. The van der Waals surface area contributed by atoms with Gasteiger partial charge < -0.3 is 5.21 Å². The van der Waals surface area contributed by atoms with Gasteiger partial charge in [0.25, 0.3) is 0 Å².